The number of aromatic nitrogens is 1. The third-order valence-electron chi connectivity index (χ3n) is 5.60. The molecule has 2 amide bonds. The minimum atomic E-state index is -1.00. The molecule has 7 nitrogen and oxygen atoms in total. The average Bonchev–Trinajstić information content (AvgIpc) is 3.38. The molecule has 0 saturated heterocycles. The van der Waals surface area contributed by atoms with Crippen LogP contribution in [0.1, 0.15) is 22.9 Å². The van der Waals surface area contributed by atoms with Crippen LogP contribution in [-0.2, 0) is 22.4 Å². The van der Waals surface area contributed by atoms with Crippen molar-refractivity contribution >= 4 is 56.6 Å². The lowest BCUT2D eigenvalue weighted by atomic mass is 10.0. The van der Waals surface area contributed by atoms with Crippen LogP contribution in [0.3, 0.4) is 0 Å². The average molecular weight is 481 g/mol. The SMILES string of the molecule is CN(C(=O)[C@@H](N)CO)[C@@H]1c2ccccc2C[C@H]1NC(=O)Cc1cc2sc(Cl)c(Cl)c2[nH]1. The van der Waals surface area contributed by atoms with Crippen molar-refractivity contribution in [3.63, 3.8) is 0 Å². The highest BCUT2D eigenvalue weighted by Crippen LogP contribution is 2.39. The van der Waals surface area contributed by atoms with Gasteiger partial charge in [0.1, 0.15) is 10.4 Å². The van der Waals surface area contributed by atoms with Crippen LogP contribution in [0.4, 0.5) is 0 Å². The first kappa shape index (κ1) is 22.1. The number of benzene rings is 1. The Balaban J connectivity index is 1.52. The van der Waals surface area contributed by atoms with Crippen LogP contribution in [0.2, 0.25) is 9.36 Å². The van der Waals surface area contributed by atoms with Gasteiger partial charge in [-0.1, -0.05) is 47.5 Å². The molecule has 1 aliphatic rings. The zero-order valence-electron chi connectivity index (χ0n) is 16.7. The zero-order chi connectivity index (χ0) is 22.3. The Kier molecular flexibility index (Phi) is 6.27. The fraction of sp³-hybridized carbons (Fsp3) is 0.333. The molecule has 0 spiro atoms. The summed E-state index contributed by atoms with van der Waals surface area (Å²) in [5, 5.41) is 12.8. The summed E-state index contributed by atoms with van der Waals surface area (Å²) in [6, 6.07) is 7.97. The Hall–Kier alpha value is -2.10. The van der Waals surface area contributed by atoms with Gasteiger partial charge in [-0.25, -0.2) is 0 Å². The summed E-state index contributed by atoms with van der Waals surface area (Å²) in [6.07, 6.45) is 0.739. The lowest BCUT2D eigenvalue weighted by Gasteiger charge is -2.32. The number of carbonyl (C=O) groups is 2. The van der Waals surface area contributed by atoms with E-state index >= 15 is 0 Å². The van der Waals surface area contributed by atoms with Crippen LogP contribution in [-0.4, -0.2) is 52.5 Å². The highest BCUT2D eigenvalue weighted by Gasteiger charge is 2.38. The van der Waals surface area contributed by atoms with E-state index in [1.165, 1.54) is 16.2 Å². The van der Waals surface area contributed by atoms with Crippen molar-refractivity contribution in [2.45, 2.75) is 31.0 Å². The lowest BCUT2D eigenvalue weighted by Crippen LogP contribution is -2.50. The van der Waals surface area contributed by atoms with Crippen LogP contribution in [0, 0.1) is 0 Å². The molecule has 31 heavy (non-hydrogen) atoms. The summed E-state index contributed by atoms with van der Waals surface area (Å²) in [7, 11) is 1.65. The Bertz CT molecular complexity index is 1150. The molecule has 1 aliphatic carbocycles. The molecule has 0 aliphatic heterocycles. The standard InChI is InChI=1S/C21H22Cl2N4O3S/c1-27(21(30)13(24)9-28)19-12-5-3-2-4-10(12)6-14(19)26-16(29)8-11-7-15-18(25-11)17(22)20(23)31-15/h2-5,7,13-14,19,25,28H,6,8-9,24H2,1H3,(H,26,29)/t13-,14+,19+/m0/s1. The fourth-order valence-electron chi connectivity index (χ4n) is 4.16. The van der Waals surface area contributed by atoms with E-state index in [-0.39, 0.29) is 30.3 Å². The Morgan fingerprint density at radius 1 is 1.39 bits per heavy atom. The third kappa shape index (κ3) is 4.18. The van der Waals surface area contributed by atoms with Crippen LogP contribution < -0.4 is 11.1 Å². The van der Waals surface area contributed by atoms with Crippen LogP contribution in [0.25, 0.3) is 10.2 Å². The maximum atomic E-state index is 12.8. The van der Waals surface area contributed by atoms with E-state index in [1.807, 2.05) is 30.3 Å². The zero-order valence-corrected chi connectivity index (χ0v) is 19.0. The van der Waals surface area contributed by atoms with Gasteiger partial charge in [0, 0.05) is 12.7 Å². The Labute approximate surface area is 193 Å². The number of rotatable bonds is 6. The van der Waals surface area contributed by atoms with Crippen molar-refractivity contribution in [2.24, 2.45) is 5.73 Å². The van der Waals surface area contributed by atoms with Gasteiger partial charge in [0.2, 0.25) is 11.8 Å². The number of fused-ring (bicyclic) bond motifs is 2. The summed E-state index contributed by atoms with van der Waals surface area (Å²) in [5.74, 6) is -0.550. The van der Waals surface area contributed by atoms with Gasteiger partial charge in [-0.15, -0.1) is 11.3 Å². The predicted molar refractivity (Wildman–Crippen MR) is 123 cm³/mol. The number of hydrogen-bond acceptors (Lipinski definition) is 5. The molecule has 164 valence electrons. The molecule has 0 radical (unpaired) electrons. The van der Waals surface area contributed by atoms with Gasteiger partial charge < -0.3 is 26.0 Å². The number of thiophene rings is 1. The van der Waals surface area contributed by atoms with Crippen molar-refractivity contribution in [1.29, 1.82) is 0 Å². The van der Waals surface area contributed by atoms with E-state index in [0.717, 1.165) is 27.0 Å². The van der Waals surface area contributed by atoms with E-state index in [9.17, 15) is 14.7 Å². The minimum absolute atomic E-state index is 0.142. The number of aliphatic hydroxyl groups excluding tert-OH is 1. The summed E-state index contributed by atoms with van der Waals surface area (Å²) < 4.78 is 1.41. The first-order valence-corrected chi connectivity index (χ1v) is 11.3. The van der Waals surface area contributed by atoms with E-state index in [0.29, 0.717) is 15.8 Å². The second-order valence-electron chi connectivity index (χ2n) is 7.66. The second kappa shape index (κ2) is 8.80. The molecule has 3 aromatic rings. The Morgan fingerprint density at radius 3 is 2.84 bits per heavy atom. The van der Waals surface area contributed by atoms with Crippen molar-refractivity contribution in [2.75, 3.05) is 13.7 Å². The number of likely N-dealkylation sites (N-methyl/N-ethyl adjacent to an activating group) is 1. The molecule has 2 heterocycles. The van der Waals surface area contributed by atoms with Gasteiger partial charge in [-0.3, -0.25) is 9.59 Å². The third-order valence-corrected chi connectivity index (χ3v) is 7.53. The van der Waals surface area contributed by atoms with Gasteiger partial charge >= 0.3 is 0 Å². The van der Waals surface area contributed by atoms with E-state index in [1.54, 1.807) is 7.05 Å². The smallest absolute Gasteiger partial charge is 0.242 e. The van der Waals surface area contributed by atoms with Gasteiger partial charge in [-0.2, -0.15) is 0 Å². The normalized spacial score (nSPS) is 18.7. The van der Waals surface area contributed by atoms with E-state index in [4.69, 9.17) is 28.9 Å². The number of nitrogens with zero attached hydrogens (tertiary/aromatic N) is 1. The molecule has 0 unspecified atom stereocenters. The van der Waals surface area contributed by atoms with Crippen molar-refractivity contribution in [3.05, 3.63) is 56.5 Å². The fourth-order valence-corrected chi connectivity index (χ4v) is 5.66. The molecule has 1 aromatic carbocycles. The summed E-state index contributed by atoms with van der Waals surface area (Å²) in [4.78, 5) is 30.1. The van der Waals surface area contributed by atoms with Crippen molar-refractivity contribution in [1.82, 2.24) is 15.2 Å². The highest BCUT2D eigenvalue weighted by atomic mass is 35.5. The van der Waals surface area contributed by atoms with Crippen LogP contribution >= 0.6 is 34.5 Å². The highest BCUT2D eigenvalue weighted by molar-refractivity contribution is 7.23. The first-order valence-electron chi connectivity index (χ1n) is 9.75. The van der Waals surface area contributed by atoms with Gasteiger partial charge in [0.05, 0.1) is 40.4 Å². The topological polar surface area (TPSA) is 111 Å². The second-order valence-corrected chi connectivity index (χ2v) is 9.69. The minimum Gasteiger partial charge on any atom is -0.394 e. The maximum Gasteiger partial charge on any atom is 0.242 e. The van der Waals surface area contributed by atoms with Crippen LogP contribution in [0.5, 0.6) is 0 Å². The lowest BCUT2D eigenvalue weighted by molar-refractivity contribution is -0.135. The number of hydrogen-bond donors (Lipinski definition) is 4. The number of carbonyl (C=O) groups excluding carboxylic acids is 2. The van der Waals surface area contributed by atoms with Gasteiger partial charge in [0.15, 0.2) is 0 Å². The molecule has 0 fully saturated rings. The molecule has 2 aromatic heterocycles. The van der Waals surface area contributed by atoms with Crippen molar-refractivity contribution < 1.29 is 14.7 Å². The maximum absolute atomic E-state index is 12.8. The number of halogens is 2. The number of amides is 2. The molecule has 4 rings (SSSR count). The number of nitrogens with two attached hydrogens (primary N) is 1. The summed E-state index contributed by atoms with van der Waals surface area (Å²) in [5.41, 5.74) is 9.25. The molecule has 0 saturated carbocycles. The van der Waals surface area contributed by atoms with Gasteiger partial charge in [0.25, 0.3) is 0 Å². The molecule has 10 heteroatoms. The monoisotopic (exact) mass is 480 g/mol. The molecular weight excluding hydrogens is 459 g/mol. The number of nitrogens with one attached hydrogen (secondary N) is 2. The largest absolute Gasteiger partial charge is 0.394 e. The molecule has 0 bridgehead atoms. The first-order chi connectivity index (χ1) is 14.8. The number of aliphatic hydroxyl groups is 1. The molecule has 3 atom stereocenters. The van der Waals surface area contributed by atoms with Gasteiger partial charge in [-0.05, 0) is 23.6 Å². The summed E-state index contributed by atoms with van der Waals surface area (Å²) in [6.45, 7) is -0.439. The van der Waals surface area contributed by atoms with Crippen LogP contribution in [0.15, 0.2) is 30.3 Å². The summed E-state index contributed by atoms with van der Waals surface area (Å²) >= 11 is 13.6. The quantitative estimate of drug-likeness (QED) is 0.434. The molecule has 5 N–H and O–H groups in total. The van der Waals surface area contributed by atoms with E-state index < -0.39 is 12.6 Å². The molecular formula is C21H22Cl2N4O3S. The van der Waals surface area contributed by atoms with Crippen molar-refractivity contribution in [3.8, 4) is 0 Å². The predicted octanol–water partition coefficient (Wildman–Crippen LogP) is 2.64. The number of aromatic amines is 1. The van der Waals surface area contributed by atoms with E-state index in [2.05, 4.69) is 10.3 Å². The Morgan fingerprint density at radius 2 is 2.13 bits per heavy atom. The number of H-pyrrole nitrogens is 1.